The van der Waals surface area contributed by atoms with E-state index in [1.165, 1.54) is 18.2 Å². The van der Waals surface area contributed by atoms with Gasteiger partial charge in [0, 0.05) is 31.7 Å². The Bertz CT molecular complexity index is 2410. The summed E-state index contributed by atoms with van der Waals surface area (Å²) < 4.78 is 15.8. The Hall–Kier alpha value is -6.71. The fraction of sp³-hybridized carbons (Fsp3) is 0.282. The molecule has 0 aliphatic carbocycles. The van der Waals surface area contributed by atoms with Gasteiger partial charge in [-0.1, -0.05) is 18.2 Å². The van der Waals surface area contributed by atoms with E-state index in [2.05, 4.69) is 30.7 Å². The number of hydrogen-bond donors (Lipinski definition) is 3. The maximum Gasteiger partial charge on any atom is 0.262 e. The van der Waals surface area contributed by atoms with E-state index in [1.807, 2.05) is 36.4 Å². The van der Waals surface area contributed by atoms with Gasteiger partial charge in [0.2, 0.25) is 17.7 Å². The van der Waals surface area contributed by atoms with Gasteiger partial charge in [-0.25, -0.2) is 18.9 Å². The highest BCUT2D eigenvalue weighted by Gasteiger charge is 2.44. The van der Waals surface area contributed by atoms with Crippen LogP contribution in [0.15, 0.2) is 79.0 Å². The molecule has 7 heterocycles. The Kier molecular flexibility index (Phi) is 8.43. The highest BCUT2D eigenvalue weighted by atomic mass is 19.1. The van der Waals surface area contributed by atoms with Crippen LogP contribution in [0.4, 0.5) is 21.7 Å². The number of carbonyl (C=O) groups excluding carboxylic acids is 5. The van der Waals surface area contributed by atoms with E-state index in [9.17, 15) is 28.4 Å². The number of amides is 5. The van der Waals surface area contributed by atoms with Crippen molar-refractivity contribution in [1.82, 2.24) is 35.1 Å². The first-order chi connectivity index (χ1) is 26.7. The van der Waals surface area contributed by atoms with Crippen LogP contribution >= 0.6 is 0 Å². The van der Waals surface area contributed by atoms with Crippen molar-refractivity contribution in [1.29, 1.82) is 0 Å². The van der Waals surface area contributed by atoms with E-state index in [-0.39, 0.29) is 54.3 Å². The second kappa shape index (κ2) is 13.6. The minimum Gasteiger partial charge on any atom is -0.376 e. The number of nitrogens with one attached hydrogen (secondary N) is 3. The van der Waals surface area contributed by atoms with Crippen LogP contribution in [-0.2, 0) is 14.4 Å². The van der Waals surface area contributed by atoms with Crippen molar-refractivity contribution < 1.29 is 28.4 Å². The predicted molar refractivity (Wildman–Crippen MR) is 198 cm³/mol. The molecule has 278 valence electrons. The van der Waals surface area contributed by atoms with Gasteiger partial charge < -0.3 is 20.4 Å². The third kappa shape index (κ3) is 6.28. The number of pyridine rings is 1. The number of aromatic nitrogens is 4. The summed E-state index contributed by atoms with van der Waals surface area (Å²) in [7, 11) is 0. The number of nitrogens with zero attached hydrogens (tertiary/aromatic N) is 7. The van der Waals surface area contributed by atoms with Crippen LogP contribution in [0.25, 0.3) is 17.0 Å². The Morgan fingerprint density at radius 1 is 0.891 bits per heavy atom. The number of imide groups is 2. The fourth-order valence-electron chi connectivity index (χ4n) is 7.83. The summed E-state index contributed by atoms with van der Waals surface area (Å²) in [5, 5.41) is 13.2. The highest BCUT2D eigenvalue weighted by Crippen LogP contribution is 2.36. The molecule has 3 fully saturated rings. The molecule has 0 spiro atoms. The summed E-state index contributed by atoms with van der Waals surface area (Å²) in [4.78, 5) is 77.5. The second-order valence-electron chi connectivity index (χ2n) is 14.1. The van der Waals surface area contributed by atoms with Crippen molar-refractivity contribution in [3.8, 4) is 11.4 Å². The number of carbonyl (C=O) groups is 5. The molecule has 4 aliphatic heterocycles. The Morgan fingerprint density at radius 2 is 1.73 bits per heavy atom. The average molecular weight is 743 g/mol. The van der Waals surface area contributed by atoms with Gasteiger partial charge in [-0.2, -0.15) is 0 Å². The van der Waals surface area contributed by atoms with Gasteiger partial charge in [0.25, 0.3) is 11.8 Å². The van der Waals surface area contributed by atoms with Gasteiger partial charge in [-0.05, 0) is 79.4 Å². The lowest BCUT2D eigenvalue weighted by Gasteiger charge is -2.40. The molecule has 3 aromatic heterocycles. The monoisotopic (exact) mass is 742 g/mol. The molecule has 0 bridgehead atoms. The van der Waals surface area contributed by atoms with E-state index in [1.54, 1.807) is 28.9 Å². The SMILES string of the molecule is O=C1CCC(N2C(=O)c3ccc(NCC(=O)NC4CN(c5cccc(-c6cnc7ccc(N8CCCC8c8cccc(F)c8)nn67)n5)C4)cc3C2=O)C(=O)N1. The van der Waals surface area contributed by atoms with E-state index >= 15 is 0 Å². The van der Waals surface area contributed by atoms with Gasteiger partial charge in [0.05, 0.1) is 41.6 Å². The average Bonchev–Trinajstić information content (AvgIpc) is 3.89. The summed E-state index contributed by atoms with van der Waals surface area (Å²) in [5.41, 5.74) is 3.81. The Labute approximate surface area is 313 Å². The van der Waals surface area contributed by atoms with Crippen molar-refractivity contribution >= 4 is 52.5 Å². The first-order valence-electron chi connectivity index (χ1n) is 18.2. The number of anilines is 3. The summed E-state index contributed by atoms with van der Waals surface area (Å²) >= 11 is 0. The molecule has 2 unspecified atom stereocenters. The number of halogens is 1. The number of piperidine rings is 1. The van der Waals surface area contributed by atoms with Crippen LogP contribution in [0.1, 0.15) is 58.0 Å². The summed E-state index contributed by atoms with van der Waals surface area (Å²) in [6, 6.07) is 19.8. The van der Waals surface area contributed by atoms with Crippen LogP contribution in [0, 0.1) is 5.82 Å². The van der Waals surface area contributed by atoms with Crippen LogP contribution in [0.2, 0.25) is 0 Å². The normalized spacial score (nSPS) is 19.8. The van der Waals surface area contributed by atoms with Crippen molar-refractivity contribution in [3.05, 3.63) is 102 Å². The maximum atomic E-state index is 14.1. The topological polar surface area (TPSA) is 174 Å². The molecule has 9 rings (SSSR count). The molecule has 16 heteroatoms. The largest absolute Gasteiger partial charge is 0.376 e. The third-order valence-corrected chi connectivity index (χ3v) is 10.6. The molecule has 2 atom stereocenters. The predicted octanol–water partition coefficient (Wildman–Crippen LogP) is 3.09. The number of benzene rings is 2. The molecule has 2 aromatic carbocycles. The standard InChI is InChI=1S/C39H35FN10O5/c40-23-5-1-4-22(16-23)29-7-3-15-48(29)34-13-12-32-42-18-31(50(32)46-34)28-6-2-8-33(44-28)47-20-25(21-47)43-36(52)19-41-24-9-10-26-27(17-24)39(55)49(38(26)54)30-11-14-35(51)45-37(30)53/h1-2,4-6,8-10,12-13,16-18,25,29-30,41H,3,7,11,14-15,19-21H2,(H,43,52)(H,45,51,53). The molecular formula is C39H35FN10O5. The first-order valence-corrected chi connectivity index (χ1v) is 18.2. The molecule has 5 amide bonds. The molecular weight excluding hydrogens is 707 g/mol. The number of imidazole rings is 1. The first kappa shape index (κ1) is 34.1. The summed E-state index contributed by atoms with van der Waals surface area (Å²) in [6.07, 6.45) is 3.75. The van der Waals surface area contributed by atoms with E-state index in [0.717, 1.165) is 47.2 Å². The molecule has 5 aromatic rings. The van der Waals surface area contributed by atoms with Gasteiger partial charge >= 0.3 is 0 Å². The molecule has 3 saturated heterocycles. The summed E-state index contributed by atoms with van der Waals surface area (Å²) in [5.74, 6) is -1.28. The van der Waals surface area contributed by atoms with Crippen LogP contribution in [-0.4, -0.2) is 92.3 Å². The number of hydrogen-bond acceptors (Lipinski definition) is 11. The van der Waals surface area contributed by atoms with Crippen LogP contribution in [0.3, 0.4) is 0 Å². The zero-order valence-corrected chi connectivity index (χ0v) is 29.4. The Balaban J connectivity index is 0.812. The van der Waals surface area contributed by atoms with Gasteiger partial charge in [0.15, 0.2) is 5.65 Å². The quantitative estimate of drug-likeness (QED) is 0.190. The zero-order valence-electron chi connectivity index (χ0n) is 29.4. The van der Waals surface area contributed by atoms with Crippen molar-refractivity contribution in [3.63, 3.8) is 0 Å². The lowest BCUT2D eigenvalue weighted by molar-refractivity contribution is -0.136. The lowest BCUT2D eigenvalue weighted by Crippen LogP contribution is -2.60. The maximum absolute atomic E-state index is 14.1. The highest BCUT2D eigenvalue weighted by molar-refractivity contribution is 6.23. The molecule has 4 aliphatic rings. The lowest BCUT2D eigenvalue weighted by atomic mass is 10.0. The molecule has 0 saturated carbocycles. The smallest absolute Gasteiger partial charge is 0.262 e. The van der Waals surface area contributed by atoms with Crippen LogP contribution < -0.4 is 25.8 Å². The molecule has 0 radical (unpaired) electrons. The fourth-order valence-corrected chi connectivity index (χ4v) is 7.83. The van der Waals surface area contributed by atoms with Gasteiger partial charge in [-0.15, -0.1) is 5.10 Å². The van der Waals surface area contributed by atoms with Crippen LogP contribution in [0.5, 0.6) is 0 Å². The van der Waals surface area contributed by atoms with Crippen molar-refractivity contribution in [2.75, 3.05) is 41.3 Å². The zero-order chi connectivity index (χ0) is 37.8. The third-order valence-electron chi connectivity index (χ3n) is 10.6. The van der Waals surface area contributed by atoms with Crippen molar-refractivity contribution in [2.45, 2.75) is 43.8 Å². The van der Waals surface area contributed by atoms with E-state index in [4.69, 9.17) is 10.1 Å². The number of rotatable bonds is 9. The molecule has 15 nitrogen and oxygen atoms in total. The Morgan fingerprint density at radius 3 is 2.56 bits per heavy atom. The van der Waals surface area contributed by atoms with E-state index < -0.39 is 29.7 Å². The van der Waals surface area contributed by atoms with Crippen molar-refractivity contribution in [2.24, 2.45) is 0 Å². The minimum absolute atomic E-state index is 0.0290. The molecule has 3 N–H and O–H groups in total. The summed E-state index contributed by atoms with van der Waals surface area (Å²) in [6.45, 7) is 1.86. The van der Waals surface area contributed by atoms with Gasteiger partial charge in [0.1, 0.15) is 29.2 Å². The number of fused-ring (bicyclic) bond motifs is 2. The minimum atomic E-state index is -1.05. The second-order valence-corrected chi connectivity index (χ2v) is 14.1. The van der Waals surface area contributed by atoms with E-state index in [0.29, 0.717) is 30.1 Å². The van der Waals surface area contributed by atoms with Gasteiger partial charge in [-0.3, -0.25) is 34.2 Å². The molecule has 55 heavy (non-hydrogen) atoms.